The Morgan fingerprint density at radius 3 is 2.71 bits per heavy atom. The second-order valence-electron chi connectivity index (χ2n) is 5.58. The molecular formula is C14H30N2O. The lowest BCUT2D eigenvalue weighted by atomic mass is 9.93. The van der Waals surface area contributed by atoms with Crippen molar-refractivity contribution >= 4 is 0 Å². The highest BCUT2D eigenvalue weighted by atomic mass is 16.5. The second kappa shape index (κ2) is 7.34. The third-order valence-corrected chi connectivity index (χ3v) is 4.43. The number of methoxy groups -OCH3 is 1. The Morgan fingerprint density at radius 1 is 1.47 bits per heavy atom. The van der Waals surface area contributed by atoms with Gasteiger partial charge in [0.25, 0.3) is 0 Å². The van der Waals surface area contributed by atoms with Gasteiger partial charge in [-0.2, -0.15) is 0 Å². The number of nitrogens with zero attached hydrogens (tertiary/aromatic N) is 1. The van der Waals surface area contributed by atoms with Crippen LogP contribution in [0.5, 0.6) is 0 Å². The summed E-state index contributed by atoms with van der Waals surface area (Å²) < 4.78 is 5.57. The van der Waals surface area contributed by atoms with E-state index in [2.05, 4.69) is 38.0 Å². The molecule has 4 unspecified atom stereocenters. The maximum Gasteiger partial charge on any atom is 0.0724 e. The molecule has 1 aliphatic heterocycles. The van der Waals surface area contributed by atoms with Crippen LogP contribution >= 0.6 is 0 Å². The lowest BCUT2D eigenvalue weighted by molar-refractivity contribution is -0.00887. The molecule has 0 aromatic carbocycles. The third kappa shape index (κ3) is 4.23. The van der Waals surface area contributed by atoms with Crippen LogP contribution in [0.15, 0.2) is 0 Å². The van der Waals surface area contributed by atoms with Crippen molar-refractivity contribution in [1.29, 1.82) is 0 Å². The minimum Gasteiger partial charge on any atom is -0.380 e. The van der Waals surface area contributed by atoms with E-state index in [1.54, 1.807) is 0 Å². The molecule has 1 fully saturated rings. The van der Waals surface area contributed by atoms with Gasteiger partial charge >= 0.3 is 0 Å². The van der Waals surface area contributed by atoms with Gasteiger partial charge in [0.15, 0.2) is 0 Å². The Hall–Kier alpha value is -0.120. The summed E-state index contributed by atoms with van der Waals surface area (Å²) in [6.45, 7) is 10.4. The minimum absolute atomic E-state index is 0.415. The largest absolute Gasteiger partial charge is 0.380 e. The molecule has 1 aliphatic rings. The third-order valence-electron chi connectivity index (χ3n) is 4.43. The van der Waals surface area contributed by atoms with Crippen molar-refractivity contribution in [1.82, 2.24) is 10.2 Å². The van der Waals surface area contributed by atoms with Crippen LogP contribution in [-0.4, -0.2) is 50.8 Å². The first kappa shape index (κ1) is 14.9. The van der Waals surface area contributed by atoms with Crippen LogP contribution in [0.2, 0.25) is 0 Å². The van der Waals surface area contributed by atoms with Crippen LogP contribution in [0.25, 0.3) is 0 Å². The number of hydrogen-bond acceptors (Lipinski definition) is 3. The van der Waals surface area contributed by atoms with Crippen LogP contribution in [0.1, 0.15) is 33.6 Å². The Bertz CT molecular complexity index is 210. The van der Waals surface area contributed by atoms with Gasteiger partial charge in [-0.15, -0.1) is 0 Å². The number of rotatable bonds is 6. The van der Waals surface area contributed by atoms with Gasteiger partial charge in [-0.1, -0.05) is 27.2 Å². The second-order valence-corrected chi connectivity index (χ2v) is 5.58. The fourth-order valence-corrected chi connectivity index (χ4v) is 2.69. The average Bonchev–Trinajstić information content (AvgIpc) is 2.36. The molecule has 1 N–H and O–H groups in total. The van der Waals surface area contributed by atoms with Gasteiger partial charge < -0.3 is 10.1 Å². The maximum atomic E-state index is 5.57. The van der Waals surface area contributed by atoms with Crippen molar-refractivity contribution in [3.8, 4) is 0 Å². The van der Waals surface area contributed by atoms with Crippen molar-refractivity contribution in [2.24, 2.45) is 11.8 Å². The van der Waals surface area contributed by atoms with Crippen LogP contribution in [0.4, 0.5) is 0 Å². The Labute approximate surface area is 107 Å². The predicted octanol–water partition coefficient (Wildman–Crippen LogP) is 1.98. The summed E-state index contributed by atoms with van der Waals surface area (Å²) in [5.74, 6) is 1.44. The van der Waals surface area contributed by atoms with E-state index in [0.717, 1.165) is 19.0 Å². The fourth-order valence-electron chi connectivity index (χ4n) is 2.69. The molecule has 1 saturated heterocycles. The highest BCUT2D eigenvalue weighted by molar-refractivity contribution is 4.82. The molecule has 0 spiro atoms. The van der Waals surface area contributed by atoms with Crippen molar-refractivity contribution in [3.63, 3.8) is 0 Å². The number of nitrogens with one attached hydrogen (secondary N) is 1. The first-order valence-electron chi connectivity index (χ1n) is 7.04. The van der Waals surface area contributed by atoms with E-state index in [0.29, 0.717) is 18.1 Å². The summed E-state index contributed by atoms with van der Waals surface area (Å²) in [5, 5.41) is 3.46. The zero-order valence-electron chi connectivity index (χ0n) is 12.2. The Morgan fingerprint density at radius 2 is 2.18 bits per heavy atom. The molecule has 0 bridgehead atoms. The lowest BCUT2D eigenvalue weighted by Crippen LogP contribution is -2.50. The first-order chi connectivity index (χ1) is 8.12. The molecule has 0 aromatic heterocycles. The molecule has 0 aromatic rings. The molecule has 1 rings (SSSR count). The zero-order valence-corrected chi connectivity index (χ0v) is 12.2. The first-order valence-corrected chi connectivity index (χ1v) is 7.04. The van der Waals surface area contributed by atoms with Crippen LogP contribution in [-0.2, 0) is 4.74 Å². The van der Waals surface area contributed by atoms with E-state index in [1.807, 2.05) is 7.11 Å². The number of piperidine rings is 1. The summed E-state index contributed by atoms with van der Waals surface area (Å²) in [7, 11) is 3.92. The van der Waals surface area contributed by atoms with E-state index in [4.69, 9.17) is 4.74 Å². The van der Waals surface area contributed by atoms with E-state index in [1.165, 1.54) is 19.4 Å². The molecule has 0 saturated carbocycles. The topological polar surface area (TPSA) is 24.5 Å². The highest BCUT2D eigenvalue weighted by Crippen LogP contribution is 2.20. The molecule has 0 aliphatic carbocycles. The van der Waals surface area contributed by atoms with Gasteiger partial charge in [0.1, 0.15) is 0 Å². The molecule has 0 amide bonds. The van der Waals surface area contributed by atoms with Crippen molar-refractivity contribution in [2.75, 3.05) is 33.8 Å². The number of hydrogen-bond donors (Lipinski definition) is 1. The van der Waals surface area contributed by atoms with Crippen molar-refractivity contribution < 1.29 is 4.74 Å². The molecule has 1 heterocycles. The van der Waals surface area contributed by atoms with Gasteiger partial charge in [-0.3, -0.25) is 4.90 Å². The van der Waals surface area contributed by atoms with Crippen molar-refractivity contribution in [2.45, 2.75) is 45.8 Å². The van der Waals surface area contributed by atoms with Crippen LogP contribution < -0.4 is 5.32 Å². The maximum absolute atomic E-state index is 5.57. The van der Waals surface area contributed by atoms with Gasteiger partial charge in [0.2, 0.25) is 0 Å². The molecule has 0 radical (unpaired) electrons. The SMILES string of the molecule is CCC(C)C(CN1CCC(C)C(OC)C1)NC. The zero-order chi connectivity index (χ0) is 12.8. The highest BCUT2D eigenvalue weighted by Gasteiger charge is 2.27. The van der Waals surface area contributed by atoms with Crippen LogP contribution in [0.3, 0.4) is 0 Å². The minimum atomic E-state index is 0.415. The van der Waals surface area contributed by atoms with E-state index in [-0.39, 0.29) is 0 Å². The standard InChI is InChI=1S/C14H30N2O/c1-6-11(2)13(15-4)9-16-8-7-12(3)14(10-16)17-5/h11-15H,6-10H2,1-5H3. The number of ether oxygens (including phenoxy) is 1. The average molecular weight is 242 g/mol. The quantitative estimate of drug-likeness (QED) is 0.771. The van der Waals surface area contributed by atoms with Gasteiger partial charge in [0.05, 0.1) is 6.10 Å². The monoisotopic (exact) mass is 242 g/mol. The summed E-state index contributed by atoms with van der Waals surface area (Å²) in [6, 6.07) is 0.603. The van der Waals surface area contributed by atoms with E-state index in [9.17, 15) is 0 Å². The molecular weight excluding hydrogens is 212 g/mol. The smallest absolute Gasteiger partial charge is 0.0724 e. The summed E-state index contributed by atoms with van der Waals surface area (Å²) >= 11 is 0. The van der Waals surface area contributed by atoms with Gasteiger partial charge in [0, 0.05) is 26.2 Å². The summed E-state index contributed by atoms with van der Waals surface area (Å²) in [5.41, 5.74) is 0. The van der Waals surface area contributed by atoms with Gasteiger partial charge in [-0.05, 0) is 31.8 Å². The number of likely N-dealkylation sites (N-methyl/N-ethyl adjacent to an activating group) is 1. The fraction of sp³-hybridized carbons (Fsp3) is 1.00. The van der Waals surface area contributed by atoms with Gasteiger partial charge in [-0.25, -0.2) is 0 Å². The molecule has 4 atom stereocenters. The predicted molar refractivity (Wildman–Crippen MR) is 73.3 cm³/mol. The Kier molecular flexibility index (Phi) is 6.45. The summed E-state index contributed by atoms with van der Waals surface area (Å²) in [6.07, 6.45) is 2.91. The normalized spacial score (nSPS) is 30.2. The van der Waals surface area contributed by atoms with Crippen LogP contribution in [0, 0.1) is 11.8 Å². The molecule has 3 nitrogen and oxygen atoms in total. The lowest BCUT2D eigenvalue weighted by Gasteiger charge is -2.38. The number of likely N-dealkylation sites (tertiary alicyclic amines) is 1. The van der Waals surface area contributed by atoms with E-state index >= 15 is 0 Å². The molecule has 17 heavy (non-hydrogen) atoms. The molecule has 102 valence electrons. The van der Waals surface area contributed by atoms with E-state index < -0.39 is 0 Å². The van der Waals surface area contributed by atoms with Crippen molar-refractivity contribution in [3.05, 3.63) is 0 Å². The molecule has 3 heteroatoms. The summed E-state index contributed by atoms with van der Waals surface area (Å²) in [4.78, 5) is 2.56. The Balaban J connectivity index is 2.45.